The third-order valence-electron chi connectivity index (χ3n) is 6.38. The van der Waals surface area contributed by atoms with Gasteiger partial charge in [-0.15, -0.1) is 0 Å². The number of rotatable bonds is 7. The van der Waals surface area contributed by atoms with Crippen LogP contribution in [0.4, 0.5) is 0 Å². The molecule has 34 heavy (non-hydrogen) atoms. The first-order valence-electron chi connectivity index (χ1n) is 11.9. The van der Waals surface area contributed by atoms with Crippen molar-refractivity contribution in [2.24, 2.45) is 0 Å². The van der Waals surface area contributed by atoms with Gasteiger partial charge < -0.3 is 4.74 Å². The Morgan fingerprint density at radius 2 is 1.68 bits per heavy atom. The van der Waals surface area contributed by atoms with Crippen LogP contribution < -0.4 is 5.56 Å². The van der Waals surface area contributed by atoms with E-state index in [0.717, 1.165) is 29.0 Å². The summed E-state index contributed by atoms with van der Waals surface area (Å²) in [6, 6.07) is 14.0. The van der Waals surface area contributed by atoms with E-state index in [1.807, 2.05) is 42.7 Å². The molecule has 174 valence electrons. The molecule has 7 nitrogen and oxygen atoms in total. The van der Waals surface area contributed by atoms with Crippen LogP contribution in [0.2, 0.25) is 0 Å². The van der Waals surface area contributed by atoms with Gasteiger partial charge in [0.05, 0.1) is 11.0 Å². The summed E-state index contributed by atoms with van der Waals surface area (Å²) in [7, 11) is 0. The molecular formula is C27H29N5O2. The van der Waals surface area contributed by atoms with E-state index < -0.39 is 0 Å². The molecule has 0 spiro atoms. The summed E-state index contributed by atoms with van der Waals surface area (Å²) in [5, 5.41) is 0.514. The Morgan fingerprint density at radius 1 is 0.912 bits per heavy atom. The molecule has 0 saturated carbocycles. The van der Waals surface area contributed by atoms with Crippen LogP contribution in [0.3, 0.4) is 0 Å². The van der Waals surface area contributed by atoms with Crippen LogP contribution in [0.15, 0.2) is 47.3 Å². The van der Waals surface area contributed by atoms with E-state index >= 15 is 0 Å². The van der Waals surface area contributed by atoms with Crippen LogP contribution in [-0.4, -0.2) is 37.3 Å². The zero-order valence-corrected chi connectivity index (χ0v) is 20.1. The second-order valence-electron chi connectivity index (χ2n) is 8.58. The molecule has 0 aliphatic carbocycles. The summed E-state index contributed by atoms with van der Waals surface area (Å²) >= 11 is 0. The standard InChI is InChI=1S/C27H29N5O2/c1-5-22-30-25-23(27(33)31(22)14-9-15-34-6-2)24-26(29-21-11-8-7-10-20(21)28-24)32(25)19-13-12-17(3)18(4)16-19/h7-8,10-13,16H,5-6,9,14-15H2,1-4H3. The minimum Gasteiger partial charge on any atom is -0.382 e. The molecule has 2 aromatic carbocycles. The fourth-order valence-corrected chi connectivity index (χ4v) is 4.45. The number of aromatic nitrogens is 5. The SMILES string of the molecule is CCOCCCn1c(CC)nc2c(c1=O)c1nc3ccccc3nc1n2-c1ccc(C)c(C)c1. The predicted molar refractivity (Wildman–Crippen MR) is 136 cm³/mol. The molecule has 5 aromatic rings. The van der Waals surface area contributed by atoms with Crippen molar-refractivity contribution in [3.63, 3.8) is 0 Å². The molecule has 3 heterocycles. The van der Waals surface area contributed by atoms with Crippen LogP contribution in [0.25, 0.3) is 38.9 Å². The topological polar surface area (TPSA) is 74.8 Å². The fraction of sp³-hybridized carbons (Fsp3) is 0.333. The summed E-state index contributed by atoms with van der Waals surface area (Å²) in [4.78, 5) is 28.7. The maximum absolute atomic E-state index is 13.9. The molecular weight excluding hydrogens is 426 g/mol. The van der Waals surface area contributed by atoms with Crippen molar-refractivity contribution in [1.82, 2.24) is 24.1 Å². The highest BCUT2D eigenvalue weighted by molar-refractivity contribution is 6.05. The Morgan fingerprint density at radius 3 is 2.38 bits per heavy atom. The molecule has 0 aliphatic rings. The Hall–Kier alpha value is -3.58. The monoisotopic (exact) mass is 455 g/mol. The zero-order chi connectivity index (χ0) is 23.8. The van der Waals surface area contributed by atoms with Crippen LogP contribution in [0.5, 0.6) is 0 Å². The van der Waals surface area contributed by atoms with E-state index in [1.165, 1.54) is 11.1 Å². The van der Waals surface area contributed by atoms with Crippen molar-refractivity contribution in [1.29, 1.82) is 0 Å². The van der Waals surface area contributed by atoms with Gasteiger partial charge in [0.15, 0.2) is 11.3 Å². The van der Waals surface area contributed by atoms with Crippen molar-refractivity contribution < 1.29 is 4.74 Å². The van der Waals surface area contributed by atoms with Gasteiger partial charge in [-0.25, -0.2) is 15.0 Å². The fourth-order valence-electron chi connectivity index (χ4n) is 4.45. The first kappa shape index (κ1) is 22.2. The van der Waals surface area contributed by atoms with Crippen molar-refractivity contribution in [3.8, 4) is 5.69 Å². The first-order chi connectivity index (χ1) is 16.5. The second kappa shape index (κ2) is 8.99. The van der Waals surface area contributed by atoms with E-state index in [0.29, 0.717) is 48.4 Å². The van der Waals surface area contributed by atoms with Crippen molar-refractivity contribution in [3.05, 3.63) is 69.8 Å². The lowest BCUT2D eigenvalue weighted by atomic mass is 10.1. The van der Waals surface area contributed by atoms with Gasteiger partial charge in [0.1, 0.15) is 16.7 Å². The lowest BCUT2D eigenvalue weighted by Crippen LogP contribution is -2.26. The van der Waals surface area contributed by atoms with E-state index in [2.05, 4.69) is 32.0 Å². The average molecular weight is 456 g/mol. The summed E-state index contributed by atoms with van der Waals surface area (Å²) in [6.07, 6.45) is 1.40. The van der Waals surface area contributed by atoms with E-state index in [-0.39, 0.29) is 5.56 Å². The lowest BCUT2D eigenvalue weighted by molar-refractivity contribution is 0.141. The van der Waals surface area contributed by atoms with Gasteiger partial charge in [-0.3, -0.25) is 13.9 Å². The molecule has 0 radical (unpaired) electrons. The highest BCUT2D eigenvalue weighted by atomic mass is 16.5. The van der Waals surface area contributed by atoms with Crippen LogP contribution in [0.1, 0.15) is 37.2 Å². The number of para-hydroxylation sites is 2. The summed E-state index contributed by atoms with van der Waals surface area (Å²) < 4.78 is 9.26. The normalized spacial score (nSPS) is 11.8. The largest absolute Gasteiger partial charge is 0.382 e. The third kappa shape index (κ3) is 3.66. The zero-order valence-electron chi connectivity index (χ0n) is 20.1. The van der Waals surface area contributed by atoms with E-state index in [9.17, 15) is 4.79 Å². The molecule has 7 heteroatoms. The quantitative estimate of drug-likeness (QED) is 0.327. The summed E-state index contributed by atoms with van der Waals surface area (Å²) in [5.74, 6) is 0.756. The minimum atomic E-state index is -0.0736. The number of hydrogen-bond acceptors (Lipinski definition) is 5. The number of benzene rings is 2. The molecule has 0 atom stereocenters. The minimum absolute atomic E-state index is 0.0736. The van der Waals surface area contributed by atoms with Crippen molar-refractivity contribution in [2.75, 3.05) is 13.2 Å². The highest BCUT2D eigenvalue weighted by Crippen LogP contribution is 2.29. The molecule has 0 bridgehead atoms. The van der Waals surface area contributed by atoms with Gasteiger partial charge >= 0.3 is 0 Å². The number of aryl methyl sites for hydroxylation is 3. The molecule has 0 saturated heterocycles. The maximum Gasteiger partial charge on any atom is 0.265 e. The number of fused-ring (bicyclic) bond motifs is 4. The lowest BCUT2D eigenvalue weighted by Gasteiger charge is -2.13. The molecule has 0 aliphatic heterocycles. The predicted octanol–water partition coefficient (Wildman–Crippen LogP) is 4.89. The Kier molecular flexibility index (Phi) is 5.87. The molecule has 3 aromatic heterocycles. The first-order valence-corrected chi connectivity index (χ1v) is 11.9. The average Bonchev–Trinajstić information content (AvgIpc) is 3.16. The van der Waals surface area contributed by atoms with Gasteiger partial charge in [0.25, 0.3) is 5.56 Å². The number of hydrogen-bond donors (Lipinski definition) is 0. The third-order valence-corrected chi connectivity index (χ3v) is 6.38. The molecule has 0 amide bonds. The van der Waals surface area contributed by atoms with Crippen LogP contribution in [0, 0.1) is 13.8 Å². The molecule has 0 N–H and O–H groups in total. The second-order valence-corrected chi connectivity index (χ2v) is 8.58. The van der Waals surface area contributed by atoms with Gasteiger partial charge in [-0.05, 0) is 62.6 Å². The van der Waals surface area contributed by atoms with Crippen LogP contribution >= 0.6 is 0 Å². The smallest absolute Gasteiger partial charge is 0.265 e. The Labute approximate surface area is 198 Å². The van der Waals surface area contributed by atoms with Gasteiger partial charge in [0.2, 0.25) is 0 Å². The van der Waals surface area contributed by atoms with Crippen molar-refractivity contribution in [2.45, 2.75) is 47.1 Å². The number of nitrogens with zero attached hydrogens (tertiary/aromatic N) is 5. The molecule has 0 fully saturated rings. The van der Waals surface area contributed by atoms with Gasteiger partial charge in [0, 0.05) is 31.9 Å². The summed E-state index contributed by atoms with van der Waals surface area (Å²) in [5.41, 5.74) is 6.62. The van der Waals surface area contributed by atoms with Gasteiger partial charge in [-0.2, -0.15) is 0 Å². The van der Waals surface area contributed by atoms with Gasteiger partial charge in [-0.1, -0.05) is 25.1 Å². The van der Waals surface area contributed by atoms with Crippen molar-refractivity contribution >= 4 is 33.2 Å². The number of ether oxygens (including phenoxy) is 1. The highest BCUT2D eigenvalue weighted by Gasteiger charge is 2.22. The summed E-state index contributed by atoms with van der Waals surface area (Å²) in [6.45, 7) is 10.0. The maximum atomic E-state index is 13.9. The molecule has 5 rings (SSSR count). The Bertz CT molecular complexity index is 1580. The van der Waals surface area contributed by atoms with E-state index in [1.54, 1.807) is 4.57 Å². The molecule has 0 unspecified atom stereocenters. The Balaban J connectivity index is 1.86. The van der Waals surface area contributed by atoms with Crippen LogP contribution in [-0.2, 0) is 17.7 Å². The van der Waals surface area contributed by atoms with E-state index in [4.69, 9.17) is 19.7 Å².